The van der Waals surface area contributed by atoms with Crippen molar-refractivity contribution in [1.29, 1.82) is 0 Å². The first-order chi connectivity index (χ1) is 8.13. The maximum absolute atomic E-state index is 10.6. The van der Waals surface area contributed by atoms with Crippen molar-refractivity contribution in [3.05, 3.63) is 22.4 Å². The van der Waals surface area contributed by atoms with Crippen molar-refractivity contribution in [2.75, 3.05) is 7.05 Å². The van der Waals surface area contributed by atoms with Crippen molar-refractivity contribution in [3.8, 4) is 0 Å². The number of carboxylic acid groups (broad SMARTS) is 1. The number of nitrogens with zero attached hydrogens (tertiary/aromatic N) is 1. The lowest BCUT2D eigenvalue weighted by molar-refractivity contribution is -0.136. The third-order valence-corrected chi connectivity index (χ3v) is 3.12. The molecule has 0 aliphatic heterocycles. The quantitative estimate of drug-likeness (QED) is 0.429. The molecule has 1 rings (SSSR count). The summed E-state index contributed by atoms with van der Waals surface area (Å²) in [6.45, 7) is 0. The number of rotatable bonds is 5. The second-order valence-electron chi connectivity index (χ2n) is 3.12. The van der Waals surface area contributed by atoms with Crippen LogP contribution in [0.15, 0.2) is 22.6 Å². The molecule has 5 nitrogen and oxygen atoms in total. The van der Waals surface area contributed by atoms with E-state index in [1.165, 1.54) is 11.3 Å². The van der Waals surface area contributed by atoms with Gasteiger partial charge in [0.2, 0.25) is 0 Å². The summed E-state index contributed by atoms with van der Waals surface area (Å²) < 4.78 is 0. The Bertz CT molecular complexity index is 415. The normalized spacial score (nSPS) is 11.0. The van der Waals surface area contributed by atoms with Gasteiger partial charge < -0.3 is 10.4 Å². The Morgan fingerprint density at radius 2 is 2.35 bits per heavy atom. The molecule has 0 amide bonds. The van der Waals surface area contributed by atoms with E-state index in [9.17, 15) is 4.79 Å². The van der Waals surface area contributed by atoms with Gasteiger partial charge in [-0.15, -0.1) is 11.3 Å². The minimum atomic E-state index is -0.842. The number of nitrogens with one attached hydrogen (secondary N) is 2. The first-order valence-corrected chi connectivity index (χ1v) is 6.22. The molecule has 0 aromatic carbocycles. The van der Waals surface area contributed by atoms with Gasteiger partial charge in [-0.2, -0.15) is 5.10 Å². The zero-order chi connectivity index (χ0) is 12.7. The van der Waals surface area contributed by atoms with Crippen molar-refractivity contribution >= 4 is 40.3 Å². The first-order valence-electron chi connectivity index (χ1n) is 4.93. The summed E-state index contributed by atoms with van der Waals surface area (Å²) in [5, 5.41) is 17.8. The fourth-order valence-corrected chi connectivity index (χ4v) is 1.87. The van der Waals surface area contributed by atoms with E-state index in [4.69, 9.17) is 17.3 Å². The zero-order valence-electron chi connectivity index (χ0n) is 9.27. The topological polar surface area (TPSA) is 73.7 Å². The number of hydrazone groups is 1. The average molecular weight is 271 g/mol. The van der Waals surface area contributed by atoms with E-state index in [1.54, 1.807) is 7.05 Å². The molecule has 0 aliphatic carbocycles. The highest BCUT2D eigenvalue weighted by Crippen LogP contribution is 2.13. The summed E-state index contributed by atoms with van der Waals surface area (Å²) in [6, 6.07) is 3.79. The molecule has 0 spiro atoms. The van der Waals surface area contributed by atoms with Gasteiger partial charge in [0.15, 0.2) is 5.11 Å². The lowest BCUT2D eigenvalue weighted by Gasteiger charge is -2.05. The summed E-state index contributed by atoms with van der Waals surface area (Å²) >= 11 is 6.41. The number of aliphatic carboxylic acids is 1. The highest BCUT2D eigenvalue weighted by molar-refractivity contribution is 7.80. The van der Waals surface area contributed by atoms with Crippen LogP contribution in [-0.2, 0) is 4.79 Å². The highest BCUT2D eigenvalue weighted by atomic mass is 32.1. The van der Waals surface area contributed by atoms with E-state index in [0.717, 1.165) is 4.88 Å². The van der Waals surface area contributed by atoms with Gasteiger partial charge in [0.05, 0.1) is 17.0 Å². The largest absolute Gasteiger partial charge is 0.481 e. The molecule has 0 bridgehead atoms. The van der Waals surface area contributed by atoms with Crippen LogP contribution < -0.4 is 10.7 Å². The van der Waals surface area contributed by atoms with E-state index < -0.39 is 5.97 Å². The number of thiophene rings is 1. The van der Waals surface area contributed by atoms with E-state index in [2.05, 4.69) is 15.8 Å². The molecule has 0 aliphatic rings. The van der Waals surface area contributed by atoms with Crippen LogP contribution >= 0.6 is 23.6 Å². The van der Waals surface area contributed by atoms with E-state index >= 15 is 0 Å². The summed E-state index contributed by atoms with van der Waals surface area (Å²) in [5.74, 6) is -0.842. The number of thiocarbonyl (C=S) groups is 1. The van der Waals surface area contributed by atoms with Crippen LogP contribution in [0.5, 0.6) is 0 Å². The molecule has 0 fully saturated rings. The standard InChI is InChI=1S/C10H13N3O2S2/c1-11-10(16)13-12-7(4-5-9(14)15)8-3-2-6-17-8/h2-3,6H,4-5H2,1H3,(H,14,15)(H2,11,13,16)/b12-7+. The van der Waals surface area contributed by atoms with E-state index in [-0.39, 0.29) is 6.42 Å². The Morgan fingerprint density at radius 1 is 1.59 bits per heavy atom. The molecule has 0 unspecified atom stereocenters. The summed E-state index contributed by atoms with van der Waals surface area (Å²) in [4.78, 5) is 11.5. The predicted octanol–water partition coefficient (Wildman–Crippen LogP) is 1.41. The highest BCUT2D eigenvalue weighted by Gasteiger charge is 2.08. The van der Waals surface area contributed by atoms with E-state index in [0.29, 0.717) is 17.2 Å². The van der Waals surface area contributed by atoms with Crippen LogP contribution in [0.25, 0.3) is 0 Å². The average Bonchev–Trinajstić information content (AvgIpc) is 2.81. The number of hydrogen-bond acceptors (Lipinski definition) is 4. The molecular weight excluding hydrogens is 258 g/mol. The Balaban J connectivity index is 2.72. The second kappa shape index (κ2) is 6.97. The van der Waals surface area contributed by atoms with Crippen LogP contribution in [0.3, 0.4) is 0 Å². The van der Waals surface area contributed by atoms with Crippen molar-refractivity contribution in [2.24, 2.45) is 5.10 Å². The molecule has 1 aromatic heterocycles. The van der Waals surface area contributed by atoms with Gasteiger partial charge in [-0.1, -0.05) is 6.07 Å². The van der Waals surface area contributed by atoms with Gasteiger partial charge in [-0.25, -0.2) is 0 Å². The lowest BCUT2D eigenvalue weighted by Crippen LogP contribution is -2.29. The van der Waals surface area contributed by atoms with Gasteiger partial charge >= 0.3 is 5.97 Å². The van der Waals surface area contributed by atoms with Crippen LogP contribution in [0, 0.1) is 0 Å². The van der Waals surface area contributed by atoms with Gasteiger partial charge in [0, 0.05) is 13.5 Å². The van der Waals surface area contributed by atoms with Gasteiger partial charge in [-0.3, -0.25) is 10.2 Å². The minimum absolute atomic E-state index is 0.0464. The van der Waals surface area contributed by atoms with Gasteiger partial charge in [0.1, 0.15) is 0 Å². The summed E-state index contributed by atoms with van der Waals surface area (Å²) in [7, 11) is 1.69. The molecule has 0 radical (unpaired) electrons. The Kier molecular flexibility index (Phi) is 5.58. The first kappa shape index (κ1) is 13.6. The van der Waals surface area contributed by atoms with Gasteiger partial charge in [-0.05, 0) is 23.7 Å². The number of carbonyl (C=O) groups is 1. The maximum atomic E-state index is 10.6. The molecule has 0 saturated heterocycles. The maximum Gasteiger partial charge on any atom is 0.303 e. The van der Waals surface area contributed by atoms with Crippen LogP contribution in [0.1, 0.15) is 17.7 Å². The van der Waals surface area contributed by atoms with Crippen LogP contribution in [0.4, 0.5) is 0 Å². The molecule has 17 heavy (non-hydrogen) atoms. The molecule has 1 aromatic rings. The SMILES string of the molecule is CNC(=S)N/N=C(\CCC(=O)O)c1cccs1. The number of hydrogen-bond donors (Lipinski definition) is 3. The third kappa shape index (κ3) is 4.92. The van der Waals surface area contributed by atoms with Gasteiger partial charge in [0.25, 0.3) is 0 Å². The molecule has 0 saturated carbocycles. The van der Waals surface area contributed by atoms with E-state index in [1.807, 2.05) is 17.5 Å². The molecule has 7 heteroatoms. The molecule has 0 atom stereocenters. The fraction of sp³-hybridized carbons (Fsp3) is 0.300. The summed E-state index contributed by atoms with van der Waals surface area (Å²) in [5.41, 5.74) is 3.36. The molecule has 1 heterocycles. The zero-order valence-corrected chi connectivity index (χ0v) is 10.9. The Hall–Kier alpha value is -1.47. The predicted molar refractivity (Wildman–Crippen MR) is 72.5 cm³/mol. The van der Waals surface area contributed by atoms with Crippen LogP contribution in [0.2, 0.25) is 0 Å². The van der Waals surface area contributed by atoms with Crippen molar-refractivity contribution in [1.82, 2.24) is 10.7 Å². The van der Waals surface area contributed by atoms with Crippen LogP contribution in [-0.4, -0.2) is 28.9 Å². The smallest absolute Gasteiger partial charge is 0.303 e. The van der Waals surface area contributed by atoms with Crippen molar-refractivity contribution in [2.45, 2.75) is 12.8 Å². The summed E-state index contributed by atoms with van der Waals surface area (Å²) in [6.07, 6.45) is 0.417. The molecular formula is C10H13N3O2S2. The number of carboxylic acids is 1. The molecule has 3 N–H and O–H groups in total. The minimum Gasteiger partial charge on any atom is -0.481 e. The lowest BCUT2D eigenvalue weighted by atomic mass is 10.2. The Labute approximate surface area is 109 Å². The fourth-order valence-electron chi connectivity index (χ4n) is 1.08. The monoisotopic (exact) mass is 271 g/mol. The van der Waals surface area contributed by atoms with Crippen molar-refractivity contribution in [3.63, 3.8) is 0 Å². The molecule has 92 valence electrons. The van der Waals surface area contributed by atoms with Crippen molar-refractivity contribution < 1.29 is 9.90 Å². The third-order valence-electron chi connectivity index (χ3n) is 1.90. The Morgan fingerprint density at radius 3 is 2.88 bits per heavy atom. The second-order valence-corrected chi connectivity index (χ2v) is 4.48.